The molecule has 1 N–H and O–H groups in total. The third-order valence-corrected chi connectivity index (χ3v) is 9.83. The molecule has 2 aliphatic rings. The van der Waals surface area contributed by atoms with Crippen molar-refractivity contribution in [2.75, 3.05) is 52.4 Å². The predicted molar refractivity (Wildman–Crippen MR) is 195 cm³/mol. The molecule has 6 rings (SSSR count). The second kappa shape index (κ2) is 19.0. The number of aryl methyl sites for hydroxylation is 2. The maximum absolute atomic E-state index is 12.4. The zero-order valence-corrected chi connectivity index (χ0v) is 30.5. The second-order valence-corrected chi connectivity index (χ2v) is 13.1. The maximum Gasteiger partial charge on any atom is 0.246 e. The molecule has 3 amide bonds. The van der Waals surface area contributed by atoms with Crippen molar-refractivity contribution in [1.29, 1.82) is 0 Å². The minimum Gasteiger partial charge on any atom is -0.340 e. The number of piperazine rings is 2. The molecule has 2 fully saturated rings. The summed E-state index contributed by atoms with van der Waals surface area (Å²) in [7, 11) is 0. The number of amides is 3. The van der Waals surface area contributed by atoms with Crippen LogP contribution in [0.4, 0.5) is 0 Å². The molecule has 4 heterocycles. The summed E-state index contributed by atoms with van der Waals surface area (Å²) in [5.41, 5.74) is 5.07. The number of aromatic nitrogens is 4. The third-order valence-electron chi connectivity index (χ3n) is 7.88. The zero-order valence-electron chi connectivity index (χ0n) is 26.6. The molecule has 12 nitrogen and oxygen atoms in total. The number of carbonyl (C=O) groups is 4. The van der Waals surface area contributed by atoms with Gasteiger partial charge in [0.25, 0.3) is 0 Å². The first-order valence-electron chi connectivity index (χ1n) is 15.4. The Hall–Kier alpha value is -3.53. The number of hydrogen-bond donors (Lipinski definition) is 1. The summed E-state index contributed by atoms with van der Waals surface area (Å²) >= 11 is 19.5. The highest BCUT2D eigenvalue weighted by atomic mass is 35.5. The molecular weight excluding hydrogens is 731 g/mol. The van der Waals surface area contributed by atoms with E-state index >= 15 is 0 Å². The molecule has 0 radical (unpaired) electrons. The van der Waals surface area contributed by atoms with Crippen molar-refractivity contribution < 1.29 is 19.2 Å². The van der Waals surface area contributed by atoms with Gasteiger partial charge in [-0.2, -0.15) is 17.5 Å². The highest BCUT2D eigenvalue weighted by Crippen LogP contribution is 2.27. The standard InChI is InChI=1S/C16H17ClN4O2S.C13H15ClN4OS.C3H3ClO/c1-2-14(22)20-7-9-21(10-8-20)15(23)6-3-11-12(17)4-5-13-16(11)19-24-18-13;14-10-2-3-11-13(17-20-16-11)9(10)1-4-12(19)18-7-5-15-6-8-18;1-2-3(4)5/h2,4-5H,1,3,6-10H2;2-3,15H,1,4-8H2;2H,1H2. The molecule has 0 aliphatic carbocycles. The highest BCUT2D eigenvalue weighted by Gasteiger charge is 2.23. The predicted octanol–water partition coefficient (Wildman–Crippen LogP) is 4.78. The van der Waals surface area contributed by atoms with Crippen LogP contribution in [0.1, 0.15) is 24.0 Å². The fraction of sp³-hybridized carbons (Fsp3) is 0.375. The van der Waals surface area contributed by atoms with Crippen molar-refractivity contribution in [3.63, 3.8) is 0 Å². The average molecular weight is 766 g/mol. The molecule has 2 aliphatic heterocycles. The van der Waals surface area contributed by atoms with Crippen LogP contribution in [-0.4, -0.2) is 108 Å². The van der Waals surface area contributed by atoms with Gasteiger partial charge in [0.05, 0.1) is 23.5 Å². The third kappa shape index (κ3) is 10.7. The number of rotatable bonds is 8. The monoisotopic (exact) mass is 764 g/mol. The van der Waals surface area contributed by atoms with Crippen molar-refractivity contribution in [1.82, 2.24) is 37.5 Å². The summed E-state index contributed by atoms with van der Waals surface area (Å²) in [5.74, 6) is 0.163. The Morgan fingerprint density at radius 2 is 1.12 bits per heavy atom. The molecule has 2 saturated heterocycles. The van der Waals surface area contributed by atoms with E-state index in [9.17, 15) is 19.2 Å². The van der Waals surface area contributed by atoms with Crippen LogP contribution in [0.3, 0.4) is 0 Å². The van der Waals surface area contributed by atoms with Crippen LogP contribution < -0.4 is 5.32 Å². The lowest BCUT2D eigenvalue weighted by atomic mass is 10.1. The van der Waals surface area contributed by atoms with Crippen LogP contribution in [0.15, 0.2) is 49.6 Å². The molecular formula is C32H35Cl3N8O4S2. The van der Waals surface area contributed by atoms with Gasteiger partial charge in [-0.3, -0.25) is 19.2 Å². The molecule has 49 heavy (non-hydrogen) atoms. The molecule has 4 aromatic rings. The molecule has 0 atom stereocenters. The Balaban J connectivity index is 0.000000197. The largest absolute Gasteiger partial charge is 0.340 e. The van der Waals surface area contributed by atoms with Gasteiger partial charge in [0.2, 0.25) is 23.0 Å². The maximum atomic E-state index is 12.4. The number of carbonyl (C=O) groups excluding carboxylic acids is 4. The van der Waals surface area contributed by atoms with Crippen LogP contribution >= 0.6 is 58.3 Å². The lowest BCUT2D eigenvalue weighted by Crippen LogP contribution is -2.50. The Labute approximate surface area is 307 Å². The van der Waals surface area contributed by atoms with Gasteiger partial charge in [-0.25, -0.2) is 0 Å². The first kappa shape index (κ1) is 38.3. The van der Waals surface area contributed by atoms with E-state index < -0.39 is 5.24 Å². The van der Waals surface area contributed by atoms with Gasteiger partial charge in [0.15, 0.2) is 0 Å². The van der Waals surface area contributed by atoms with E-state index in [1.54, 1.807) is 15.9 Å². The Morgan fingerprint density at radius 1 is 0.694 bits per heavy atom. The van der Waals surface area contributed by atoms with Gasteiger partial charge in [0, 0.05) is 86.4 Å². The topological polar surface area (TPSA) is 142 Å². The quantitative estimate of drug-likeness (QED) is 0.198. The number of benzene rings is 2. The summed E-state index contributed by atoms with van der Waals surface area (Å²) in [6, 6.07) is 7.33. The van der Waals surface area contributed by atoms with E-state index in [1.807, 2.05) is 23.1 Å². The summed E-state index contributed by atoms with van der Waals surface area (Å²) < 4.78 is 17.0. The lowest BCUT2D eigenvalue weighted by molar-refractivity contribution is -0.137. The van der Waals surface area contributed by atoms with Crippen molar-refractivity contribution in [2.45, 2.75) is 25.7 Å². The van der Waals surface area contributed by atoms with Crippen molar-refractivity contribution in [3.8, 4) is 0 Å². The normalized spacial score (nSPS) is 14.4. The molecule has 260 valence electrons. The summed E-state index contributed by atoms with van der Waals surface area (Å²) in [5, 5.41) is 4.01. The van der Waals surface area contributed by atoms with E-state index in [-0.39, 0.29) is 17.7 Å². The van der Waals surface area contributed by atoms with Crippen molar-refractivity contribution in [3.05, 3.63) is 70.7 Å². The molecule has 2 aromatic carbocycles. The van der Waals surface area contributed by atoms with Crippen LogP contribution in [0.5, 0.6) is 0 Å². The number of fused-ring (bicyclic) bond motifs is 2. The smallest absolute Gasteiger partial charge is 0.246 e. The SMILES string of the molecule is C=CC(=O)Cl.C=CC(=O)N1CCN(C(=O)CCc2c(Cl)ccc3nsnc23)CC1.O=C(CCc1c(Cl)ccc2nsnc12)N1CCNCC1. The van der Waals surface area contributed by atoms with Gasteiger partial charge in [-0.1, -0.05) is 36.4 Å². The van der Waals surface area contributed by atoms with Crippen LogP contribution in [0, 0.1) is 0 Å². The highest BCUT2D eigenvalue weighted by molar-refractivity contribution is 7.00. The second-order valence-electron chi connectivity index (χ2n) is 10.9. The molecule has 2 aromatic heterocycles. The molecule has 0 saturated carbocycles. The average Bonchev–Trinajstić information content (AvgIpc) is 3.81. The van der Waals surface area contributed by atoms with Crippen LogP contribution in [0.25, 0.3) is 22.1 Å². The minimum atomic E-state index is -0.509. The van der Waals surface area contributed by atoms with Gasteiger partial charge in [-0.05, 0) is 60.9 Å². The van der Waals surface area contributed by atoms with E-state index in [0.717, 1.165) is 77.2 Å². The number of nitrogens with one attached hydrogen (secondary N) is 1. The molecule has 0 spiro atoms. The lowest BCUT2D eigenvalue weighted by Gasteiger charge is -2.34. The van der Waals surface area contributed by atoms with Crippen molar-refractivity contribution >= 4 is 103 Å². The van der Waals surface area contributed by atoms with Gasteiger partial charge in [-0.15, -0.1) is 0 Å². The Morgan fingerprint density at radius 3 is 1.55 bits per heavy atom. The number of halogens is 3. The summed E-state index contributed by atoms with van der Waals surface area (Å²) in [4.78, 5) is 51.0. The summed E-state index contributed by atoms with van der Waals surface area (Å²) in [6.07, 6.45) is 4.34. The fourth-order valence-corrected chi connectivity index (χ4v) is 6.85. The van der Waals surface area contributed by atoms with Gasteiger partial charge < -0.3 is 20.0 Å². The summed E-state index contributed by atoms with van der Waals surface area (Å²) in [6.45, 7) is 12.1. The Kier molecular flexibility index (Phi) is 14.9. The fourth-order valence-electron chi connectivity index (χ4n) is 5.24. The Bertz CT molecular complexity index is 1800. The van der Waals surface area contributed by atoms with Gasteiger partial charge >= 0.3 is 0 Å². The molecule has 0 unspecified atom stereocenters. The minimum absolute atomic E-state index is 0.0666. The van der Waals surface area contributed by atoms with Crippen LogP contribution in [-0.2, 0) is 32.0 Å². The zero-order chi connectivity index (χ0) is 35.3. The first-order chi connectivity index (χ1) is 23.6. The van der Waals surface area contributed by atoms with E-state index in [2.05, 4.69) is 36.0 Å². The van der Waals surface area contributed by atoms with E-state index in [4.69, 9.17) is 34.8 Å². The van der Waals surface area contributed by atoms with Gasteiger partial charge in [0.1, 0.15) is 22.1 Å². The number of nitrogens with zero attached hydrogens (tertiary/aromatic N) is 7. The first-order valence-corrected chi connectivity index (χ1v) is 18.0. The van der Waals surface area contributed by atoms with E-state index in [0.29, 0.717) is 61.9 Å². The molecule has 17 heteroatoms. The van der Waals surface area contributed by atoms with Crippen molar-refractivity contribution in [2.24, 2.45) is 0 Å². The molecule has 0 bridgehead atoms. The number of hydrogen-bond acceptors (Lipinski definition) is 11. The number of allylic oxidation sites excluding steroid dienone is 1. The van der Waals surface area contributed by atoms with Crippen LogP contribution in [0.2, 0.25) is 10.0 Å². The van der Waals surface area contributed by atoms with E-state index in [1.165, 1.54) is 17.8 Å².